The van der Waals surface area contributed by atoms with Gasteiger partial charge in [0.15, 0.2) is 5.76 Å². The summed E-state index contributed by atoms with van der Waals surface area (Å²) in [5.41, 5.74) is 8.53. The summed E-state index contributed by atoms with van der Waals surface area (Å²) in [4.78, 5) is 0. The first kappa shape index (κ1) is 10.4. The van der Waals surface area contributed by atoms with Gasteiger partial charge in [-0.15, -0.1) is 0 Å². The van der Waals surface area contributed by atoms with Crippen molar-refractivity contribution in [1.29, 1.82) is 0 Å². The molecule has 1 aliphatic carbocycles. The normalized spacial score (nSPS) is 18.1. The molecule has 1 atom stereocenters. The summed E-state index contributed by atoms with van der Waals surface area (Å²) in [5, 5.41) is 3.63. The number of hydrogen-bond acceptors (Lipinski definition) is 4. The maximum absolute atomic E-state index is 5.98. The van der Waals surface area contributed by atoms with E-state index in [9.17, 15) is 0 Å². The lowest BCUT2D eigenvalue weighted by Crippen LogP contribution is -2.04. The van der Waals surface area contributed by atoms with Gasteiger partial charge >= 0.3 is 0 Å². The van der Waals surface area contributed by atoms with Crippen LogP contribution in [0, 0.1) is 0 Å². The number of nitrogens with zero attached hydrogens (tertiary/aromatic N) is 1. The Hall–Kier alpha value is -1.81. The summed E-state index contributed by atoms with van der Waals surface area (Å²) in [7, 11) is 0. The van der Waals surface area contributed by atoms with Crippen LogP contribution in [-0.4, -0.2) is 5.16 Å². The molecule has 2 N–H and O–H groups in total. The third-order valence-electron chi connectivity index (χ3n) is 3.11. The molecule has 0 saturated carbocycles. The number of benzene rings is 1. The fraction of sp³-hybridized carbons (Fsp3) is 0.308. The Labute approximate surface area is 99.4 Å². The predicted octanol–water partition coefficient (Wildman–Crippen LogP) is 2.20. The van der Waals surface area contributed by atoms with Crippen molar-refractivity contribution in [2.75, 3.05) is 0 Å². The Morgan fingerprint density at radius 1 is 1.41 bits per heavy atom. The second kappa shape index (κ2) is 4.22. The van der Waals surface area contributed by atoms with Crippen LogP contribution in [0.25, 0.3) is 0 Å². The molecule has 4 heteroatoms. The Morgan fingerprint density at radius 3 is 3.18 bits per heavy atom. The smallest absolute Gasteiger partial charge is 0.174 e. The second-order valence-electron chi connectivity index (χ2n) is 4.27. The van der Waals surface area contributed by atoms with Gasteiger partial charge < -0.3 is 15.0 Å². The summed E-state index contributed by atoms with van der Waals surface area (Å²) >= 11 is 0. The van der Waals surface area contributed by atoms with Gasteiger partial charge in [-0.1, -0.05) is 11.2 Å². The highest BCUT2D eigenvalue weighted by molar-refractivity contribution is 5.40. The van der Waals surface area contributed by atoms with Crippen LogP contribution in [0.5, 0.6) is 5.75 Å². The van der Waals surface area contributed by atoms with E-state index in [-0.39, 0.29) is 6.04 Å². The van der Waals surface area contributed by atoms with Gasteiger partial charge in [0.1, 0.15) is 12.4 Å². The maximum atomic E-state index is 5.98. The van der Waals surface area contributed by atoms with E-state index in [4.69, 9.17) is 15.0 Å². The minimum Gasteiger partial charge on any atom is -0.486 e. The molecular formula is C13H14N2O2. The standard InChI is InChI=1S/C13H14N2O2/c14-13-4-1-9-7-10(2-3-12(9)13)16-8-11-5-6-15-17-11/h2-3,5-7,13H,1,4,8,14H2. The molecule has 1 unspecified atom stereocenters. The highest BCUT2D eigenvalue weighted by atomic mass is 16.5. The van der Waals surface area contributed by atoms with Crippen LogP contribution in [0.4, 0.5) is 0 Å². The van der Waals surface area contributed by atoms with Crippen LogP contribution in [0.1, 0.15) is 29.3 Å². The van der Waals surface area contributed by atoms with Gasteiger partial charge in [0, 0.05) is 12.1 Å². The Kier molecular flexibility index (Phi) is 2.57. The molecule has 0 radical (unpaired) electrons. The summed E-state index contributed by atoms with van der Waals surface area (Å²) < 4.78 is 10.6. The third-order valence-corrected chi connectivity index (χ3v) is 3.11. The third kappa shape index (κ3) is 2.03. The zero-order chi connectivity index (χ0) is 11.7. The van der Waals surface area contributed by atoms with Crippen molar-refractivity contribution in [3.8, 4) is 5.75 Å². The minimum atomic E-state index is 0.188. The molecule has 0 aliphatic heterocycles. The molecule has 0 spiro atoms. The van der Waals surface area contributed by atoms with Crippen molar-refractivity contribution in [2.24, 2.45) is 5.73 Å². The fourth-order valence-corrected chi connectivity index (χ4v) is 2.19. The van der Waals surface area contributed by atoms with E-state index < -0.39 is 0 Å². The van der Waals surface area contributed by atoms with Crippen LogP contribution in [-0.2, 0) is 13.0 Å². The summed E-state index contributed by atoms with van der Waals surface area (Å²) in [6, 6.07) is 8.07. The summed E-state index contributed by atoms with van der Waals surface area (Å²) in [5.74, 6) is 1.58. The molecule has 1 heterocycles. The quantitative estimate of drug-likeness (QED) is 0.878. The van der Waals surface area contributed by atoms with E-state index >= 15 is 0 Å². The first-order valence-corrected chi connectivity index (χ1v) is 5.74. The van der Waals surface area contributed by atoms with Crippen molar-refractivity contribution in [3.05, 3.63) is 47.3 Å². The zero-order valence-corrected chi connectivity index (χ0v) is 9.43. The number of rotatable bonds is 3. The van der Waals surface area contributed by atoms with Crippen LogP contribution in [0.3, 0.4) is 0 Å². The minimum absolute atomic E-state index is 0.188. The van der Waals surface area contributed by atoms with Gasteiger partial charge in [-0.2, -0.15) is 0 Å². The van der Waals surface area contributed by atoms with Crippen molar-refractivity contribution in [1.82, 2.24) is 5.16 Å². The Balaban J connectivity index is 1.72. The second-order valence-corrected chi connectivity index (χ2v) is 4.27. The van der Waals surface area contributed by atoms with Gasteiger partial charge in [0.2, 0.25) is 0 Å². The number of ether oxygens (including phenoxy) is 1. The first-order valence-electron chi connectivity index (χ1n) is 5.74. The molecule has 17 heavy (non-hydrogen) atoms. The number of aryl methyl sites for hydroxylation is 1. The van der Waals surface area contributed by atoms with Gasteiger partial charge in [0.05, 0.1) is 6.20 Å². The molecular weight excluding hydrogens is 216 g/mol. The number of aromatic nitrogens is 1. The molecule has 88 valence electrons. The van der Waals surface area contributed by atoms with E-state index in [0.717, 1.165) is 24.4 Å². The van der Waals surface area contributed by atoms with Gasteiger partial charge in [-0.25, -0.2) is 0 Å². The Morgan fingerprint density at radius 2 is 2.35 bits per heavy atom. The van der Waals surface area contributed by atoms with Gasteiger partial charge in [-0.3, -0.25) is 0 Å². The molecule has 0 bridgehead atoms. The fourth-order valence-electron chi connectivity index (χ4n) is 2.19. The largest absolute Gasteiger partial charge is 0.486 e. The Bertz CT molecular complexity index is 508. The average molecular weight is 230 g/mol. The SMILES string of the molecule is NC1CCc2cc(OCc3ccno3)ccc21. The molecule has 2 aromatic rings. The lowest BCUT2D eigenvalue weighted by atomic mass is 10.1. The van der Waals surface area contributed by atoms with Crippen LogP contribution in [0.2, 0.25) is 0 Å². The molecule has 1 aromatic carbocycles. The van der Waals surface area contributed by atoms with E-state index in [2.05, 4.69) is 17.3 Å². The molecule has 0 amide bonds. The maximum Gasteiger partial charge on any atom is 0.174 e. The van der Waals surface area contributed by atoms with Crippen molar-refractivity contribution in [3.63, 3.8) is 0 Å². The topological polar surface area (TPSA) is 61.3 Å². The van der Waals surface area contributed by atoms with E-state index in [1.165, 1.54) is 11.1 Å². The lowest BCUT2D eigenvalue weighted by Gasteiger charge is -2.08. The highest BCUT2D eigenvalue weighted by Crippen LogP contribution is 2.31. The van der Waals surface area contributed by atoms with Crippen molar-refractivity contribution in [2.45, 2.75) is 25.5 Å². The molecule has 1 aromatic heterocycles. The average Bonchev–Trinajstić information content (AvgIpc) is 2.97. The van der Waals surface area contributed by atoms with E-state index in [1.807, 2.05) is 6.07 Å². The number of fused-ring (bicyclic) bond motifs is 1. The van der Waals surface area contributed by atoms with E-state index in [0.29, 0.717) is 6.61 Å². The zero-order valence-electron chi connectivity index (χ0n) is 9.43. The predicted molar refractivity (Wildman–Crippen MR) is 62.5 cm³/mol. The number of hydrogen-bond donors (Lipinski definition) is 1. The molecule has 4 nitrogen and oxygen atoms in total. The summed E-state index contributed by atoms with van der Waals surface area (Å²) in [6.07, 6.45) is 3.68. The molecule has 1 aliphatic rings. The van der Waals surface area contributed by atoms with Gasteiger partial charge in [0.25, 0.3) is 0 Å². The van der Waals surface area contributed by atoms with E-state index in [1.54, 1.807) is 12.3 Å². The number of nitrogens with two attached hydrogens (primary N) is 1. The van der Waals surface area contributed by atoms with Crippen LogP contribution < -0.4 is 10.5 Å². The highest BCUT2D eigenvalue weighted by Gasteiger charge is 2.19. The molecule has 0 fully saturated rings. The van der Waals surface area contributed by atoms with Crippen molar-refractivity contribution < 1.29 is 9.26 Å². The van der Waals surface area contributed by atoms with Crippen molar-refractivity contribution >= 4 is 0 Å². The van der Waals surface area contributed by atoms with Crippen LogP contribution >= 0.6 is 0 Å². The molecule has 3 rings (SSSR count). The van der Waals surface area contributed by atoms with Gasteiger partial charge in [-0.05, 0) is 36.1 Å². The first-order chi connectivity index (χ1) is 8.33. The molecule has 0 saturated heterocycles. The lowest BCUT2D eigenvalue weighted by molar-refractivity contribution is 0.249. The monoisotopic (exact) mass is 230 g/mol. The summed E-state index contributed by atoms with van der Waals surface area (Å²) in [6.45, 7) is 0.408. The van der Waals surface area contributed by atoms with Crippen LogP contribution in [0.15, 0.2) is 35.0 Å².